The van der Waals surface area contributed by atoms with Crippen LogP contribution in [0.2, 0.25) is 0 Å². The van der Waals surface area contributed by atoms with Gasteiger partial charge in [0.2, 0.25) is 0 Å². The van der Waals surface area contributed by atoms with Gasteiger partial charge < -0.3 is 15.4 Å². The molecule has 0 aliphatic rings. The average molecular weight is 381 g/mol. The molecule has 5 nitrogen and oxygen atoms in total. The van der Waals surface area contributed by atoms with Gasteiger partial charge in [0.1, 0.15) is 10.8 Å². The van der Waals surface area contributed by atoms with Crippen LogP contribution in [0, 0.1) is 0 Å². The molecule has 0 amide bonds. The smallest absolute Gasteiger partial charge is 0.191 e. The zero-order valence-corrected chi connectivity index (χ0v) is 16.4. The molecule has 2 aromatic carbocycles. The second-order valence-corrected chi connectivity index (χ2v) is 6.83. The molecule has 140 valence electrons. The monoisotopic (exact) mass is 380 g/mol. The number of hydrogen-bond donors (Lipinski definition) is 2. The van der Waals surface area contributed by atoms with Crippen LogP contribution < -0.4 is 15.4 Å². The first-order chi connectivity index (χ1) is 13.3. The van der Waals surface area contributed by atoms with Crippen molar-refractivity contribution < 1.29 is 4.74 Å². The summed E-state index contributed by atoms with van der Waals surface area (Å²) in [6.45, 7) is 4.11. The molecule has 0 fully saturated rings. The van der Waals surface area contributed by atoms with Crippen molar-refractivity contribution in [3.8, 4) is 17.0 Å². The highest BCUT2D eigenvalue weighted by Gasteiger charge is 2.05. The fourth-order valence-corrected chi connectivity index (χ4v) is 3.28. The van der Waals surface area contributed by atoms with Crippen molar-refractivity contribution in [2.75, 3.05) is 13.7 Å². The highest BCUT2D eigenvalue weighted by molar-refractivity contribution is 7.09. The van der Waals surface area contributed by atoms with E-state index in [-0.39, 0.29) is 0 Å². The van der Waals surface area contributed by atoms with Gasteiger partial charge in [-0.1, -0.05) is 42.5 Å². The van der Waals surface area contributed by atoms with E-state index >= 15 is 0 Å². The Kier molecular flexibility index (Phi) is 6.82. The highest BCUT2D eigenvalue weighted by atomic mass is 32.1. The predicted octanol–water partition coefficient (Wildman–Crippen LogP) is 4.07. The standard InChI is InChI=1S/C21H24N4OS/c1-3-22-21(23-13-16-9-11-18(26-2)12-10-16)24-14-20-25-19(15-27-20)17-7-5-4-6-8-17/h4-12,15H,3,13-14H2,1-2H3,(H2,22,23,24). The van der Waals surface area contributed by atoms with Gasteiger partial charge in [-0.15, -0.1) is 11.3 Å². The van der Waals surface area contributed by atoms with Crippen molar-refractivity contribution in [1.29, 1.82) is 0 Å². The summed E-state index contributed by atoms with van der Waals surface area (Å²) in [6, 6.07) is 18.2. The van der Waals surface area contributed by atoms with E-state index in [1.165, 1.54) is 0 Å². The van der Waals surface area contributed by atoms with Gasteiger partial charge in [-0.25, -0.2) is 9.98 Å². The van der Waals surface area contributed by atoms with Crippen LogP contribution in [0.3, 0.4) is 0 Å². The van der Waals surface area contributed by atoms with Crippen LogP contribution in [0.15, 0.2) is 65.0 Å². The second kappa shape index (κ2) is 9.73. The first-order valence-electron chi connectivity index (χ1n) is 8.93. The molecule has 0 aliphatic heterocycles. The lowest BCUT2D eigenvalue weighted by atomic mass is 10.2. The molecule has 6 heteroatoms. The second-order valence-electron chi connectivity index (χ2n) is 5.89. The summed E-state index contributed by atoms with van der Waals surface area (Å²) in [4.78, 5) is 9.36. The Morgan fingerprint density at radius 2 is 1.85 bits per heavy atom. The zero-order chi connectivity index (χ0) is 18.9. The summed E-state index contributed by atoms with van der Waals surface area (Å²) in [7, 11) is 1.67. The molecule has 0 spiro atoms. The normalized spacial score (nSPS) is 11.3. The lowest BCUT2D eigenvalue weighted by molar-refractivity contribution is 0.414. The molecular formula is C21H24N4OS. The number of ether oxygens (including phenoxy) is 1. The molecule has 2 N–H and O–H groups in total. The van der Waals surface area contributed by atoms with Crippen LogP contribution >= 0.6 is 11.3 Å². The quantitative estimate of drug-likeness (QED) is 0.479. The average Bonchev–Trinajstić information content (AvgIpc) is 3.20. The summed E-state index contributed by atoms with van der Waals surface area (Å²) >= 11 is 1.65. The molecule has 1 aromatic heterocycles. The number of thiazole rings is 1. The maximum absolute atomic E-state index is 5.19. The lowest BCUT2D eigenvalue weighted by Gasteiger charge is -2.10. The number of guanidine groups is 1. The van der Waals surface area contributed by atoms with E-state index in [1.54, 1.807) is 18.4 Å². The maximum atomic E-state index is 5.19. The van der Waals surface area contributed by atoms with Crippen molar-refractivity contribution in [3.63, 3.8) is 0 Å². The lowest BCUT2D eigenvalue weighted by Crippen LogP contribution is -2.36. The molecule has 0 atom stereocenters. The Morgan fingerprint density at radius 1 is 1.07 bits per heavy atom. The Morgan fingerprint density at radius 3 is 2.56 bits per heavy atom. The minimum absolute atomic E-state index is 0.604. The van der Waals surface area contributed by atoms with Crippen molar-refractivity contribution >= 4 is 17.3 Å². The topological polar surface area (TPSA) is 58.5 Å². The first kappa shape index (κ1) is 18.9. The molecule has 0 unspecified atom stereocenters. The van der Waals surface area contributed by atoms with Crippen molar-refractivity contribution in [1.82, 2.24) is 15.6 Å². The molecule has 3 aromatic rings. The number of aromatic nitrogens is 1. The Labute approximate surface area is 164 Å². The maximum Gasteiger partial charge on any atom is 0.191 e. The third kappa shape index (κ3) is 5.56. The third-order valence-electron chi connectivity index (χ3n) is 3.95. The molecular weight excluding hydrogens is 356 g/mol. The molecule has 3 rings (SSSR count). The van der Waals surface area contributed by atoms with Crippen molar-refractivity contribution in [2.24, 2.45) is 4.99 Å². The molecule has 0 saturated heterocycles. The van der Waals surface area contributed by atoms with Crippen molar-refractivity contribution in [3.05, 3.63) is 70.5 Å². The van der Waals surface area contributed by atoms with Crippen LogP contribution in [0.5, 0.6) is 5.75 Å². The van der Waals surface area contributed by atoms with Crippen LogP contribution in [-0.2, 0) is 13.1 Å². The fourth-order valence-electron chi connectivity index (χ4n) is 2.54. The van der Waals surface area contributed by atoms with Gasteiger partial charge >= 0.3 is 0 Å². The number of methoxy groups -OCH3 is 1. The van der Waals surface area contributed by atoms with Gasteiger partial charge in [-0.05, 0) is 24.6 Å². The minimum Gasteiger partial charge on any atom is -0.497 e. The highest BCUT2D eigenvalue weighted by Crippen LogP contribution is 2.21. The predicted molar refractivity (Wildman–Crippen MR) is 112 cm³/mol. The summed E-state index contributed by atoms with van der Waals surface area (Å²) in [5.41, 5.74) is 3.28. The van der Waals surface area contributed by atoms with Gasteiger partial charge in [0.15, 0.2) is 5.96 Å². The molecule has 0 radical (unpaired) electrons. The number of aliphatic imine (C=N–C) groups is 1. The van der Waals surface area contributed by atoms with E-state index in [4.69, 9.17) is 9.72 Å². The molecule has 0 saturated carbocycles. The zero-order valence-electron chi connectivity index (χ0n) is 15.6. The first-order valence-corrected chi connectivity index (χ1v) is 9.81. The summed E-state index contributed by atoms with van der Waals surface area (Å²) < 4.78 is 5.19. The van der Waals surface area contributed by atoms with Crippen LogP contribution in [0.25, 0.3) is 11.3 Å². The van der Waals surface area contributed by atoms with Gasteiger partial charge in [0.05, 0.1) is 25.9 Å². The number of rotatable bonds is 7. The van der Waals surface area contributed by atoms with Crippen LogP contribution in [0.4, 0.5) is 0 Å². The Bertz CT molecular complexity index is 859. The SMILES string of the molecule is CCNC(=NCc1ccc(OC)cc1)NCc1nc(-c2ccccc2)cs1. The third-order valence-corrected chi connectivity index (χ3v) is 4.80. The van der Waals surface area contributed by atoms with E-state index in [2.05, 4.69) is 40.1 Å². The molecule has 27 heavy (non-hydrogen) atoms. The minimum atomic E-state index is 0.604. The summed E-state index contributed by atoms with van der Waals surface area (Å²) in [6.07, 6.45) is 0. The number of benzene rings is 2. The van der Waals surface area contributed by atoms with E-state index < -0.39 is 0 Å². The van der Waals surface area contributed by atoms with Gasteiger partial charge in [0, 0.05) is 17.5 Å². The Hall–Kier alpha value is -2.86. The van der Waals surface area contributed by atoms with Crippen LogP contribution in [0.1, 0.15) is 17.5 Å². The number of hydrogen-bond acceptors (Lipinski definition) is 4. The van der Waals surface area contributed by atoms with E-state index in [1.807, 2.05) is 42.5 Å². The van der Waals surface area contributed by atoms with Crippen LogP contribution in [-0.4, -0.2) is 24.6 Å². The number of nitrogens with one attached hydrogen (secondary N) is 2. The van der Waals surface area contributed by atoms with E-state index in [0.717, 1.165) is 40.1 Å². The molecule has 0 aliphatic carbocycles. The fraction of sp³-hybridized carbons (Fsp3) is 0.238. The summed E-state index contributed by atoms with van der Waals surface area (Å²) in [5.74, 6) is 1.63. The molecule has 1 heterocycles. The van der Waals surface area contributed by atoms with Gasteiger partial charge in [0.25, 0.3) is 0 Å². The van der Waals surface area contributed by atoms with E-state index in [9.17, 15) is 0 Å². The summed E-state index contributed by atoms with van der Waals surface area (Å²) in [5, 5.41) is 9.75. The van der Waals surface area contributed by atoms with Gasteiger partial charge in [-0.2, -0.15) is 0 Å². The Balaban J connectivity index is 1.60. The largest absolute Gasteiger partial charge is 0.497 e. The van der Waals surface area contributed by atoms with Gasteiger partial charge in [-0.3, -0.25) is 0 Å². The van der Waals surface area contributed by atoms with Crippen molar-refractivity contribution in [2.45, 2.75) is 20.0 Å². The molecule has 0 bridgehead atoms. The van der Waals surface area contributed by atoms with E-state index in [0.29, 0.717) is 13.1 Å². The number of nitrogens with zero attached hydrogens (tertiary/aromatic N) is 2.